The largest absolute Gasteiger partial charge is 0.481 e. The molecule has 0 saturated carbocycles. The van der Waals surface area contributed by atoms with E-state index in [0.717, 1.165) is 26.9 Å². The third-order valence-electron chi connectivity index (χ3n) is 8.34. The summed E-state index contributed by atoms with van der Waals surface area (Å²) in [5.74, 6) is 0.450. The Morgan fingerprint density at radius 1 is 1.13 bits per heavy atom. The highest BCUT2D eigenvalue weighted by molar-refractivity contribution is 6.36. The van der Waals surface area contributed by atoms with E-state index in [0.29, 0.717) is 54.0 Å². The van der Waals surface area contributed by atoms with Crippen LogP contribution in [0.25, 0.3) is 33.2 Å². The van der Waals surface area contributed by atoms with Crippen LogP contribution >= 0.6 is 11.6 Å². The number of benzene rings is 2. The van der Waals surface area contributed by atoms with E-state index in [1.165, 1.54) is 19.3 Å². The molecular formula is C34H33ClF2N6O4. The summed E-state index contributed by atoms with van der Waals surface area (Å²) in [7, 11) is 3.04. The Kier molecular flexibility index (Phi) is 9.46. The average molecular weight is 663 g/mol. The number of pyridine rings is 2. The van der Waals surface area contributed by atoms with Crippen LogP contribution in [-0.4, -0.2) is 57.3 Å². The maximum atomic E-state index is 13.7. The summed E-state index contributed by atoms with van der Waals surface area (Å²) in [6.45, 7) is 3.22. The molecule has 0 bridgehead atoms. The monoisotopic (exact) mass is 662 g/mol. The van der Waals surface area contributed by atoms with E-state index in [4.69, 9.17) is 26.1 Å². The Balaban J connectivity index is 1.33. The highest BCUT2D eigenvalue weighted by Gasteiger charge is 2.24. The van der Waals surface area contributed by atoms with Crippen molar-refractivity contribution in [3.8, 4) is 28.3 Å². The topological polar surface area (TPSA) is 123 Å². The molecule has 5 aromatic rings. The van der Waals surface area contributed by atoms with E-state index in [9.17, 15) is 18.7 Å². The third kappa shape index (κ3) is 6.54. The van der Waals surface area contributed by atoms with Gasteiger partial charge in [0.25, 0.3) is 12.0 Å². The Bertz CT molecular complexity index is 2010. The predicted molar refractivity (Wildman–Crippen MR) is 176 cm³/mol. The van der Waals surface area contributed by atoms with Gasteiger partial charge in [0.1, 0.15) is 11.5 Å². The molecule has 13 heteroatoms. The number of fused-ring (bicyclic) bond motifs is 1. The minimum Gasteiger partial charge on any atom is -0.481 e. The molecule has 3 aromatic heterocycles. The number of aliphatic hydroxyl groups excluding tert-OH is 1. The van der Waals surface area contributed by atoms with Gasteiger partial charge in [-0.15, -0.1) is 0 Å². The second-order valence-electron chi connectivity index (χ2n) is 11.3. The van der Waals surface area contributed by atoms with Crippen molar-refractivity contribution in [2.75, 3.05) is 25.6 Å². The van der Waals surface area contributed by atoms with E-state index >= 15 is 0 Å². The van der Waals surface area contributed by atoms with Crippen LogP contribution in [0.2, 0.25) is 5.02 Å². The molecule has 3 N–H and O–H groups in total. The van der Waals surface area contributed by atoms with Gasteiger partial charge in [-0.3, -0.25) is 4.79 Å². The van der Waals surface area contributed by atoms with E-state index in [1.54, 1.807) is 13.2 Å². The molecule has 0 radical (unpaired) electrons. The Morgan fingerprint density at radius 2 is 1.89 bits per heavy atom. The molecule has 1 aliphatic rings. The number of anilines is 2. The number of hydrogen-bond donors (Lipinski definition) is 3. The third-order valence-corrected chi connectivity index (χ3v) is 8.74. The van der Waals surface area contributed by atoms with Crippen LogP contribution in [0, 0.1) is 6.92 Å². The van der Waals surface area contributed by atoms with Gasteiger partial charge in [0.15, 0.2) is 0 Å². The lowest BCUT2D eigenvalue weighted by Crippen LogP contribution is -2.46. The van der Waals surface area contributed by atoms with Gasteiger partial charge in [-0.1, -0.05) is 48.0 Å². The lowest BCUT2D eigenvalue weighted by atomic mass is 9.96. The molecule has 2 aromatic carbocycles. The smallest absolute Gasteiger partial charge is 0.280 e. The van der Waals surface area contributed by atoms with E-state index in [-0.39, 0.29) is 22.6 Å². The number of nitrogens with one attached hydrogen (secondary N) is 2. The molecule has 1 saturated heterocycles. The summed E-state index contributed by atoms with van der Waals surface area (Å²) in [6, 6.07) is 16.0. The normalized spacial score (nSPS) is 16.5. The molecule has 6 rings (SSSR count). The number of hydrogen-bond acceptors (Lipinski definition) is 9. The lowest BCUT2D eigenvalue weighted by Gasteiger charge is -2.28. The zero-order chi connectivity index (χ0) is 33.2. The summed E-state index contributed by atoms with van der Waals surface area (Å²) in [5.41, 5.74) is 4.04. The fourth-order valence-electron chi connectivity index (χ4n) is 5.74. The summed E-state index contributed by atoms with van der Waals surface area (Å²) < 4.78 is 39.6. The minimum atomic E-state index is -2.84. The zero-order valence-electron chi connectivity index (χ0n) is 25.9. The predicted octanol–water partition coefficient (Wildman–Crippen LogP) is 5.95. The maximum Gasteiger partial charge on any atom is 0.280 e. The number of alkyl halides is 2. The number of rotatable bonds is 9. The van der Waals surface area contributed by atoms with Crippen molar-refractivity contribution in [2.24, 2.45) is 7.05 Å². The average Bonchev–Trinajstić information content (AvgIpc) is 3.07. The van der Waals surface area contributed by atoms with Crippen LogP contribution in [0.1, 0.15) is 29.7 Å². The van der Waals surface area contributed by atoms with Gasteiger partial charge in [0.05, 0.1) is 42.1 Å². The molecular weight excluding hydrogens is 630 g/mol. The number of halogens is 3. The Morgan fingerprint density at radius 3 is 2.66 bits per heavy atom. The highest BCUT2D eigenvalue weighted by atomic mass is 35.5. The summed E-state index contributed by atoms with van der Waals surface area (Å²) in [4.78, 5) is 21.8. The van der Waals surface area contributed by atoms with Crippen molar-refractivity contribution in [3.63, 3.8) is 0 Å². The SMILES string of the molecule is COc1nc(-c2cccc(-c3cccc(Nc4nc(C(F)F)cc5cnn(C)c(=O)c45)c3C)c2Cl)ccc1CNC1CCOCC1O. The van der Waals surface area contributed by atoms with Gasteiger partial charge in [-0.05, 0) is 42.7 Å². The zero-order valence-corrected chi connectivity index (χ0v) is 26.7. The molecule has 1 aliphatic heterocycles. The molecule has 0 amide bonds. The first kappa shape index (κ1) is 32.5. The standard InChI is InChI=1S/C34H33ClF2N6O4/c1-18-21(6-5-9-24(18)40-32-29-20(14-27(41-32)31(36)37)16-39-43(2)34(29)45)22-7-4-8-23(30(22)35)25-11-10-19(33(42-25)46-3)15-38-26-12-13-47-17-28(26)44/h4-11,14,16,26,28,31,38,44H,12-13,15,17H2,1-3H3,(H,40,41). The lowest BCUT2D eigenvalue weighted by molar-refractivity contribution is -0.0281. The first-order valence-corrected chi connectivity index (χ1v) is 15.4. The molecule has 47 heavy (non-hydrogen) atoms. The molecule has 10 nitrogen and oxygen atoms in total. The number of ether oxygens (including phenoxy) is 2. The van der Waals surface area contributed by atoms with Crippen LogP contribution < -0.4 is 20.9 Å². The summed E-state index contributed by atoms with van der Waals surface area (Å²) >= 11 is 7.05. The van der Waals surface area contributed by atoms with Crippen LogP contribution in [0.15, 0.2) is 65.6 Å². The number of aliphatic hydroxyl groups is 1. The first-order valence-electron chi connectivity index (χ1n) is 15.0. The van der Waals surface area contributed by atoms with Gasteiger partial charge in [0, 0.05) is 54.0 Å². The van der Waals surface area contributed by atoms with Crippen molar-refractivity contribution in [1.82, 2.24) is 25.1 Å². The minimum absolute atomic E-state index is 0.0121. The van der Waals surface area contributed by atoms with Crippen molar-refractivity contribution in [1.29, 1.82) is 0 Å². The molecule has 2 atom stereocenters. The van der Waals surface area contributed by atoms with Crippen molar-refractivity contribution in [3.05, 3.63) is 93.0 Å². The number of nitrogens with zero attached hydrogens (tertiary/aromatic N) is 4. The fraction of sp³-hybridized carbons (Fsp3) is 0.294. The van der Waals surface area contributed by atoms with Crippen molar-refractivity contribution < 1.29 is 23.4 Å². The second-order valence-corrected chi connectivity index (χ2v) is 11.7. The fourth-order valence-corrected chi connectivity index (χ4v) is 6.06. The van der Waals surface area contributed by atoms with Gasteiger partial charge in [-0.25, -0.2) is 23.4 Å². The van der Waals surface area contributed by atoms with E-state index in [2.05, 4.69) is 20.7 Å². The van der Waals surface area contributed by atoms with Gasteiger partial charge < -0.3 is 25.2 Å². The number of aryl methyl sites for hydroxylation is 1. The number of aromatic nitrogens is 4. The summed E-state index contributed by atoms with van der Waals surface area (Å²) in [6.07, 6.45) is -1.34. The van der Waals surface area contributed by atoms with Crippen molar-refractivity contribution in [2.45, 2.75) is 38.5 Å². The highest BCUT2D eigenvalue weighted by Crippen LogP contribution is 2.40. The van der Waals surface area contributed by atoms with Gasteiger partial charge >= 0.3 is 0 Å². The molecule has 2 unspecified atom stereocenters. The summed E-state index contributed by atoms with van der Waals surface area (Å²) in [5, 5.41) is 21.6. The molecule has 0 spiro atoms. The second kappa shape index (κ2) is 13.7. The van der Waals surface area contributed by atoms with Gasteiger partial charge in [0.2, 0.25) is 5.88 Å². The van der Waals surface area contributed by atoms with E-state index in [1.807, 2.05) is 49.4 Å². The molecule has 244 valence electrons. The quantitative estimate of drug-likeness (QED) is 0.176. The Labute approximate surface area is 274 Å². The van der Waals surface area contributed by atoms with Crippen molar-refractivity contribution >= 4 is 33.9 Å². The molecule has 4 heterocycles. The van der Waals surface area contributed by atoms with Crippen LogP contribution in [0.5, 0.6) is 5.88 Å². The van der Waals surface area contributed by atoms with Crippen LogP contribution in [0.4, 0.5) is 20.3 Å². The van der Waals surface area contributed by atoms with E-state index < -0.39 is 23.8 Å². The van der Waals surface area contributed by atoms with Gasteiger partial charge in [-0.2, -0.15) is 5.10 Å². The van der Waals surface area contributed by atoms with Crippen LogP contribution in [-0.2, 0) is 18.3 Å². The maximum absolute atomic E-state index is 13.7. The number of methoxy groups -OCH3 is 1. The Hall–Kier alpha value is -4.49. The molecule has 1 fully saturated rings. The van der Waals surface area contributed by atoms with Crippen LogP contribution in [0.3, 0.4) is 0 Å². The first-order chi connectivity index (χ1) is 22.7. The molecule has 0 aliphatic carbocycles.